The number of nitrogens with zero attached hydrogens (tertiary/aromatic N) is 2. The van der Waals surface area contributed by atoms with Gasteiger partial charge in [0.2, 0.25) is 4.73 Å². The average Bonchev–Trinajstić information content (AvgIpc) is 2.56. The van der Waals surface area contributed by atoms with Crippen molar-refractivity contribution in [1.29, 1.82) is 0 Å². The molecule has 72 valence electrons. The summed E-state index contributed by atoms with van der Waals surface area (Å²) < 4.78 is 6.75. The first kappa shape index (κ1) is 10.7. The molecule has 0 radical (unpaired) electrons. The normalized spacial score (nSPS) is 10.5. The van der Waals surface area contributed by atoms with E-state index in [4.69, 9.17) is 0 Å². The average molecular weight is 399 g/mol. The Hall–Kier alpha value is 0.220. The maximum atomic E-state index is 4.26. The summed E-state index contributed by atoms with van der Waals surface area (Å²) in [6, 6.07) is 5.97. The first-order valence-corrected chi connectivity index (χ1v) is 6.76. The van der Waals surface area contributed by atoms with Gasteiger partial charge in [-0.1, -0.05) is 31.9 Å². The van der Waals surface area contributed by atoms with Crippen molar-refractivity contribution >= 4 is 59.3 Å². The van der Waals surface area contributed by atoms with Gasteiger partial charge in [0.25, 0.3) is 0 Å². The van der Waals surface area contributed by atoms with Crippen molar-refractivity contribution in [3.63, 3.8) is 0 Å². The molecule has 2 nitrogen and oxygen atoms in total. The Bertz CT molecular complexity index is 469. The molecular formula is C8H3Br3N2S. The third-order valence-electron chi connectivity index (χ3n) is 1.56. The molecule has 0 aliphatic carbocycles. The fraction of sp³-hybridized carbons (Fsp3) is 0. The van der Waals surface area contributed by atoms with Crippen molar-refractivity contribution in [1.82, 2.24) is 9.36 Å². The number of rotatable bonds is 1. The summed E-state index contributed by atoms with van der Waals surface area (Å²) in [4.78, 5) is 4.26. The molecule has 14 heavy (non-hydrogen) atoms. The van der Waals surface area contributed by atoms with Gasteiger partial charge in [-0.25, -0.2) is 4.98 Å². The third-order valence-corrected chi connectivity index (χ3v) is 4.08. The Morgan fingerprint density at radius 1 is 1.14 bits per heavy atom. The molecule has 0 saturated carbocycles. The highest BCUT2D eigenvalue weighted by Gasteiger charge is 2.08. The maximum Gasteiger partial charge on any atom is 0.209 e. The summed E-state index contributed by atoms with van der Waals surface area (Å²) in [5, 5.41) is 0.894. The number of hydrogen-bond donors (Lipinski definition) is 0. The molecule has 0 bridgehead atoms. The Balaban J connectivity index is 2.55. The van der Waals surface area contributed by atoms with Crippen LogP contribution in [0, 0.1) is 0 Å². The molecule has 0 aliphatic rings. The third kappa shape index (κ3) is 2.24. The van der Waals surface area contributed by atoms with E-state index < -0.39 is 0 Å². The molecule has 0 fully saturated rings. The second-order valence-corrected chi connectivity index (χ2v) is 5.72. The molecule has 1 aromatic carbocycles. The van der Waals surface area contributed by atoms with Crippen LogP contribution in [0.2, 0.25) is 0 Å². The van der Waals surface area contributed by atoms with Crippen LogP contribution in [0.5, 0.6) is 0 Å². The molecule has 0 unspecified atom stereocenters. The summed E-state index contributed by atoms with van der Waals surface area (Å²) >= 11 is 11.5. The van der Waals surface area contributed by atoms with Crippen LogP contribution in [-0.4, -0.2) is 9.36 Å². The predicted octanol–water partition coefficient (Wildman–Crippen LogP) is 4.49. The molecule has 0 saturated heterocycles. The quantitative estimate of drug-likeness (QED) is 0.707. The Kier molecular flexibility index (Phi) is 3.36. The molecule has 1 aromatic heterocycles. The molecule has 6 heteroatoms. The molecule has 0 atom stereocenters. The Morgan fingerprint density at radius 2 is 1.93 bits per heavy atom. The Morgan fingerprint density at radius 3 is 2.57 bits per heavy atom. The van der Waals surface area contributed by atoms with Crippen LogP contribution in [0.1, 0.15) is 0 Å². The zero-order valence-corrected chi connectivity index (χ0v) is 12.2. The minimum atomic E-state index is 0.629. The lowest BCUT2D eigenvalue weighted by atomic mass is 10.2. The smallest absolute Gasteiger partial charge is 0.209 e. The van der Waals surface area contributed by atoms with Gasteiger partial charge in [0.05, 0.1) is 0 Å². The van der Waals surface area contributed by atoms with E-state index >= 15 is 0 Å². The van der Waals surface area contributed by atoms with E-state index in [9.17, 15) is 0 Å². The fourth-order valence-corrected chi connectivity index (χ4v) is 3.01. The van der Waals surface area contributed by atoms with Gasteiger partial charge in [-0.05, 0) is 45.7 Å². The number of benzene rings is 1. The van der Waals surface area contributed by atoms with Gasteiger partial charge in [-0.15, -0.1) is 0 Å². The van der Waals surface area contributed by atoms with Crippen molar-refractivity contribution in [3.8, 4) is 10.6 Å². The van der Waals surface area contributed by atoms with E-state index in [0.717, 1.165) is 19.5 Å². The second kappa shape index (κ2) is 4.38. The minimum Gasteiger partial charge on any atom is -0.209 e. The van der Waals surface area contributed by atoms with E-state index in [1.54, 1.807) is 0 Å². The van der Waals surface area contributed by atoms with Crippen LogP contribution in [0.4, 0.5) is 0 Å². The summed E-state index contributed by atoms with van der Waals surface area (Å²) in [5.74, 6) is 0. The highest BCUT2D eigenvalue weighted by atomic mass is 79.9. The highest BCUT2D eigenvalue weighted by molar-refractivity contribution is 9.11. The zero-order chi connectivity index (χ0) is 10.1. The fourth-order valence-electron chi connectivity index (χ4n) is 0.976. The molecular weight excluding hydrogens is 396 g/mol. The molecule has 1 heterocycles. The number of halogens is 3. The summed E-state index contributed by atoms with van der Waals surface area (Å²) in [6.07, 6.45) is 0. The number of hydrogen-bond acceptors (Lipinski definition) is 3. The van der Waals surface area contributed by atoms with Crippen molar-refractivity contribution in [2.24, 2.45) is 0 Å². The van der Waals surface area contributed by atoms with Crippen molar-refractivity contribution in [3.05, 3.63) is 31.9 Å². The van der Waals surface area contributed by atoms with E-state index in [2.05, 4.69) is 57.1 Å². The lowest BCUT2D eigenvalue weighted by Crippen LogP contribution is -1.78. The molecule has 0 amide bonds. The molecule has 2 aromatic rings. The largest absolute Gasteiger partial charge is 0.209 e. The van der Waals surface area contributed by atoms with Gasteiger partial charge in [-0.2, -0.15) is 4.37 Å². The monoisotopic (exact) mass is 396 g/mol. The van der Waals surface area contributed by atoms with Crippen LogP contribution in [0.25, 0.3) is 10.6 Å². The lowest BCUT2D eigenvalue weighted by molar-refractivity contribution is 1.26. The zero-order valence-electron chi connectivity index (χ0n) is 6.67. The van der Waals surface area contributed by atoms with Gasteiger partial charge in [0.1, 0.15) is 5.01 Å². The van der Waals surface area contributed by atoms with Crippen LogP contribution >= 0.6 is 59.3 Å². The van der Waals surface area contributed by atoms with E-state index in [-0.39, 0.29) is 0 Å². The van der Waals surface area contributed by atoms with E-state index in [1.165, 1.54) is 11.5 Å². The predicted molar refractivity (Wildman–Crippen MR) is 68.4 cm³/mol. The van der Waals surface area contributed by atoms with Gasteiger partial charge < -0.3 is 0 Å². The maximum absolute atomic E-state index is 4.26. The van der Waals surface area contributed by atoms with Gasteiger partial charge in [0, 0.05) is 14.5 Å². The van der Waals surface area contributed by atoms with Gasteiger partial charge in [0.15, 0.2) is 0 Å². The summed E-state index contributed by atoms with van der Waals surface area (Å²) in [6.45, 7) is 0. The number of aromatic nitrogens is 2. The van der Waals surface area contributed by atoms with Gasteiger partial charge in [-0.3, -0.25) is 0 Å². The first-order chi connectivity index (χ1) is 6.66. The molecule has 2 rings (SSSR count). The Labute approximate surface area is 110 Å². The van der Waals surface area contributed by atoms with Crippen LogP contribution < -0.4 is 0 Å². The van der Waals surface area contributed by atoms with Crippen molar-refractivity contribution < 1.29 is 0 Å². The second-order valence-electron chi connectivity index (χ2n) is 2.49. The summed E-state index contributed by atoms with van der Waals surface area (Å²) in [7, 11) is 0. The first-order valence-electron chi connectivity index (χ1n) is 3.61. The standard InChI is InChI=1S/C8H3Br3N2S/c9-4-1-2-6(10)5(3-4)7-12-8(11)13-14-7/h1-3H. The lowest BCUT2D eigenvalue weighted by Gasteiger charge is -1.99. The molecule has 0 spiro atoms. The highest BCUT2D eigenvalue weighted by Crippen LogP contribution is 2.32. The van der Waals surface area contributed by atoms with Gasteiger partial charge >= 0.3 is 0 Å². The van der Waals surface area contributed by atoms with Crippen LogP contribution in [0.15, 0.2) is 31.9 Å². The van der Waals surface area contributed by atoms with E-state index in [0.29, 0.717) is 4.73 Å². The van der Waals surface area contributed by atoms with Crippen molar-refractivity contribution in [2.75, 3.05) is 0 Å². The van der Waals surface area contributed by atoms with Crippen LogP contribution in [-0.2, 0) is 0 Å². The molecule has 0 N–H and O–H groups in total. The van der Waals surface area contributed by atoms with Crippen molar-refractivity contribution in [2.45, 2.75) is 0 Å². The van der Waals surface area contributed by atoms with E-state index in [1.807, 2.05) is 18.2 Å². The summed E-state index contributed by atoms with van der Waals surface area (Å²) in [5.41, 5.74) is 1.04. The SMILES string of the molecule is Brc1ccc(Br)c(-c2nc(Br)ns2)c1. The topological polar surface area (TPSA) is 25.8 Å². The molecule has 0 aliphatic heterocycles. The minimum absolute atomic E-state index is 0.629. The van der Waals surface area contributed by atoms with Crippen LogP contribution in [0.3, 0.4) is 0 Å².